The van der Waals surface area contributed by atoms with E-state index in [0.717, 1.165) is 12.8 Å². The number of hydrogen-bond donors (Lipinski definition) is 1. The highest BCUT2D eigenvalue weighted by molar-refractivity contribution is 5.32. The molecule has 3 heteroatoms. The molecule has 76 valence electrons. The van der Waals surface area contributed by atoms with Crippen LogP contribution < -0.4 is 10.5 Å². The van der Waals surface area contributed by atoms with E-state index in [9.17, 15) is 4.39 Å². The first-order valence-electron chi connectivity index (χ1n) is 4.73. The Kier molecular flexibility index (Phi) is 2.19. The maximum atomic E-state index is 13.8. The minimum absolute atomic E-state index is 0.615. The third kappa shape index (κ3) is 1.60. The smallest absolute Gasteiger partial charge is 0.143 e. The van der Waals surface area contributed by atoms with Gasteiger partial charge >= 0.3 is 0 Å². The highest BCUT2D eigenvalue weighted by Gasteiger charge is 2.47. The van der Waals surface area contributed by atoms with Crippen LogP contribution in [0.4, 0.5) is 4.39 Å². The standard InChI is InChI=1S/C11H14FNO/c1-14-9-4-2-3-8(7-9)10(12)11(13)5-6-11/h2-4,7,10H,5-6,13H2,1H3. The van der Waals surface area contributed by atoms with Gasteiger partial charge in [0.2, 0.25) is 0 Å². The second kappa shape index (κ2) is 3.24. The topological polar surface area (TPSA) is 35.2 Å². The summed E-state index contributed by atoms with van der Waals surface area (Å²) in [6, 6.07) is 7.04. The summed E-state index contributed by atoms with van der Waals surface area (Å²) in [5.74, 6) is 0.675. The second-order valence-corrected chi connectivity index (χ2v) is 3.87. The number of nitrogens with two attached hydrogens (primary N) is 1. The highest BCUT2D eigenvalue weighted by Crippen LogP contribution is 2.46. The van der Waals surface area contributed by atoms with Gasteiger partial charge in [0.25, 0.3) is 0 Å². The van der Waals surface area contributed by atoms with E-state index in [1.54, 1.807) is 31.4 Å². The SMILES string of the molecule is COc1cccc(C(F)C2(N)CC2)c1. The zero-order valence-corrected chi connectivity index (χ0v) is 8.16. The van der Waals surface area contributed by atoms with Gasteiger partial charge in [-0.15, -0.1) is 0 Å². The minimum Gasteiger partial charge on any atom is -0.497 e. The fourth-order valence-electron chi connectivity index (χ4n) is 1.53. The Labute approximate surface area is 82.9 Å². The minimum atomic E-state index is -1.07. The van der Waals surface area contributed by atoms with Gasteiger partial charge in [0.1, 0.15) is 11.9 Å². The van der Waals surface area contributed by atoms with E-state index in [-0.39, 0.29) is 0 Å². The summed E-state index contributed by atoms with van der Waals surface area (Å²) in [5.41, 5.74) is 5.79. The molecule has 1 fully saturated rings. The molecule has 14 heavy (non-hydrogen) atoms. The van der Waals surface area contributed by atoms with E-state index in [1.165, 1.54) is 0 Å². The predicted molar refractivity (Wildman–Crippen MR) is 53.0 cm³/mol. The van der Waals surface area contributed by atoms with E-state index in [1.807, 2.05) is 0 Å². The summed E-state index contributed by atoms with van der Waals surface area (Å²) < 4.78 is 18.9. The van der Waals surface area contributed by atoms with Crippen molar-refractivity contribution in [3.05, 3.63) is 29.8 Å². The van der Waals surface area contributed by atoms with Crippen LogP contribution in [0.5, 0.6) is 5.75 Å². The van der Waals surface area contributed by atoms with Gasteiger partial charge in [-0.05, 0) is 30.5 Å². The molecule has 1 unspecified atom stereocenters. The van der Waals surface area contributed by atoms with Gasteiger partial charge in [-0.1, -0.05) is 12.1 Å². The molecule has 1 aromatic rings. The van der Waals surface area contributed by atoms with E-state index in [0.29, 0.717) is 11.3 Å². The number of halogens is 1. The van der Waals surface area contributed by atoms with Crippen molar-refractivity contribution in [3.63, 3.8) is 0 Å². The second-order valence-electron chi connectivity index (χ2n) is 3.87. The van der Waals surface area contributed by atoms with Gasteiger partial charge in [0, 0.05) is 0 Å². The Morgan fingerprint density at radius 3 is 2.79 bits per heavy atom. The normalized spacial score (nSPS) is 20.2. The molecule has 1 aromatic carbocycles. The maximum Gasteiger partial charge on any atom is 0.143 e. The Hall–Kier alpha value is -1.09. The van der Waals surface area contributed by atoms with Crippen molar-refractivity contribution in [2.45, 2.75) is 24.6 Å². The van der Waals surface area contributed by atoms with Crippen LogP contribution in [-0.2, 0) is 0 Å². The molecular formula is C11H14FNO. The summed E-state index contributed by atoms with van der Waals surface area (Å²) in [6.07, 6.45) is 0.467. The Bertz CT molecular complexity index is 336. The third-order valence-electron chi connectivity index (χ3n) is 2.72. The molecule has 0 saturated heterocycles. The first-order valence-corrected chi connectivity index (χ1v) is 4.73. The van der Waals surface area contributed by atoms with Crippen molar-refractivity contribution in [2.75, 3.05) is 7.11 Å². The van der Waals surface area contributed by atoms with Crippen molar-refractivity contribution in [2.24, 2.45) is 5.73 Å². The summed E-state index contributed by atoms with van der Waals surface area (Å²) in [7, 11) is 1.57. The van der Waals surface area contributed by atoms with Gasteiger partial charge in [-0.3, -0.25) is 0 Å². The fraction of sp³-hybridized carbons (Fsp3) is 0.455. The number of methoxy groups -OCH3 is 1. The molecule has 0 aliphatic heterocycles. The number of benzene rings is 1. The molecule has 0 bridgehead atoms. The number of hydrogen-bond acceptors (Lipinski definition) is 2. The van der Waals surface area contributed by atoms with Crippen LogP contribution in [0.15, 0.2) is 24.3 Å². The largest absolute Gasteiger partial charge is 0.497 e. The molecule has 0 amide bonds. The van der Waals surface area contributed by atoms with Crippen LogP contribution in [0.25, 0.3) is 0 Å². The zero-order valence-electron chi connectivity index (χ0n) is 8.16. The Morgan fingerprint density at radius 1 is 1.50 bits per heavy atom. The first-order chi connectivity index (χ1) is 6.65. The first kappa shape index (κ1) is 9.46. The van der Waals surface area contributed by atoms with E-state index < -0.39 is 11.7 Å². The van der Waals surface area contributed by atoms with Crippen LogP contribution in [0.1, 0.15) is 24.6 Å². The quantitative estimate of drug-likeness (QED) is 0.802. The van der Waals surface area contributed by atoms with Crippen molar-refractivity contribution in [1.82, 2.24) is 0 Å². The monoisotopic (exact) mass is 195 g/mol. The predicted octanol–water partition coefficient (Wildman–Crippen LogP) is 2.20. The highest BCUT2D eigenvalue weighted by atomic mass is 19.1. The lowest BCUT2D eigenvalue weighted by Gasteiger charge is -2.15. The molecule has 0 spiro atoms. The summed E-state index contributed by atoms with van der Waals surface area (Å²) >= 11 is 0. The molecule has 0 heterocycles. The fourth-order valence-corrected chi connectivity index (χ4v) is 1.53. The molecule has 1 saturated carbocycles. The van der Waals surface area contributed by atoms with E-state index in [2.05, 4.69) is 0 Å². The average molecular weight is 195 g/mol. The van der Waals surface area contributed by atoms with E-state index in [4.69, 9.17) is 10.5 Å². The number of ether oxygens (including phenoxy) is 1. The van der Waals surface area contributed by atoms with Gasteiger partial charge < -0.3 is 10.5 Å². The van der Waals surface area contributed by atoms with Crippen molar-refractivity contribution in [3.8, 4) is 5.75 Å². The summed E-state index contributed by atoms with van der Waals surface area (Å²) in [5, 5.41) is 0. The number of alkyl halides is 1. The lowest BCUT2D eigenvalue weighted by molar-refractivity contribution is 0.273. The van der Waals surface area contributed by atoms with Crippen LogP contribution >= 0.6 is 0 Å². The van der Waals surface area contributed by atoms with Crippen molar-refractivity contribution < 1.29 is 9.13 Å². The number of rotatable bonds is 3. The van der Waals surface area contributed by atoms with Crippen molar-refractivity contribution in [1.29, 1.82) is 0 Å². The van der Waals surface area contributed by atoms with Crippen molar-refractivity contribution >= 4 is 0 Å². The molecule has 1 aliphatic rings. The Morgan fingerprint density at radius 2 is 2.21 bits per heavy atom. The van der Waals surface area contributed by atoms with E-state index >= 15 is 0 Å². The summed E-state index contributed by atoms with van der Waals surface area (Å²) in [6.45, 7) is 0. The lowest BCUT2D eigenvalue weighted by atomic mass is 10.0. The van der Waals surface area contributed by atoms with Gasteiger partial charge in [-0.25, -0.2) is 4.39 Å². The van der Waals surface area contributed by atoms with Crippen LogP contribution in [0.2, 0.25) is 0 Å². The molecule has 2 nitrogen and oxygen atoms in total. The van der Waals surface area contributed by atoms with Gasteiger partial charge in [0.05, 0.1) is 12.6 Å². The molecule has 0 aromatic heterocycles. The zero-order chi connectivity index (χ0) is 10.2. The van der Waals surface area contributed by atoms with Gasteiger partial charge in [-0.2, -0.15) is 0 Å². The van der Waals surface area contributed by atoms with Crippen LogP contribution in [-0.4, -0.2) is 12.6 Å². The third-order valence-corrected chi connectivity index (χ3v) is 2.72. The molecule has 1 atom stereocenters. The molecule has 2 rings (SSSR count). The van der Waals surface area contributed by atoms with Crippen LogP contribution in [0.3, 0.4) is 0 Å². The average Bonchev–Trinajstić information content (AvgIpc) is 2.97. The Balaban J connectivity index is 2.23. The van der Waals surface area contributed by atoms with Gasteiger partial charge in [0.15, 0.2) is 0 Å². The molecule has 0 radical (unpaired) electrons. The molecule has 1 aliphatic carbocycles. The van der Waals surface area contributed by atoms with Crippen LogP contribution in [0, 0.1) is 0 Å². The maximum absolute atomic E-state index is 13.8. The summed E-state index contributed by atoms with van der Waals surface area (Å²) in [4.78, 5) is 0. The molecular weight excluding hydrogens is 181 g/mol. The molecule has 2 N–H and O–H groups in total. The lowest BCUT2D eigenvalue weighted by Crippen LogP contribution is -2.27.